The van der Waals surface area contributed by atoms with Crippen molar-refractivity contribution in [2.24, 2.45) is 11.8 Å². The molecule has 1 unspecified atom stereocenters. The molecule has 1 N–H and O–H groups in total. The number of imidazole rings is 1. The predicted octanol–water partition coefficient (Wildman–Crippen LogP) is 4.65. The molecule has 1 aromatic heterocycles. The molecule has 2 rings (SSSR count). The highest BCUT2D eigenvalue weighted by Crippen LogP contribution is 2.26. The van der Waals surface area contributed by atoms with E-state index in [4.69, 9.17) is 4.74 Å². The second kappa shape index (κ2) is 8.00. The van der Waals surface area contributed by atoms with Crippen molar-refractivity contribution in [3.05, 3.63) is 65.9 Å². The summed E-state index contributed by atoms with van der Waals surface area (Å²) in [6.45, 7) is 11.0. The average Bonchev–Trinajstić information content (AvgIpc) is 3.01. The lowest BCUT2D eigenvalue weighted by Crippen LogP contribution is -2.40. The van der Waals surface area contributed by atoms with Crippen LogP contribution in [-0.4, -0.2) is 4.98 Å². The highest BCUT2D eigenvalue weighted by Gasteiger charge is 2.21. The van der Waals surface area contributed by atoms with Gasteiger partial charge in [-0.15, -0.1) is 0 Å². The molecule has 0 aliphatic heterocycles. The smallest absolute Gasteiger partial charge is 0.245 e. The Hall–Kier alpha value is -2.03. The molecular weight excluding hydrogens is 284 g/mol. The fourth-order valence-corrected chi connectivity index (χ4v) is 3.26. The van der Waals surface area contributed by atoms with E-state index in [0.717, 1.165) is 12.2 Å². The summed E-state index contributed by atoms with van der Waals surface area (Å²) in [6.07, 6.45) is 6.68. The van der Waals surface area contributed by atoms with E-state index in [0.29, 0.717) is 11.8 Å². The molecule has 3 nitrogen and oxygen atoms in total. The Kier molecular flexibility index (Phi) is 6.03. The van der Waals surface area contributed by atoms with Gasteiger partial charge in [0.15, 0.2) is 0 Å². The minimum Gasteiger partial charge on any atom is -0.456 e. The van der Waals surface area contributed by atoms with Crippen LogP contribution in [0.15, 0.2) is 60.4 Å². The first-order valence-corrected chi connectivity index (χ1v) is 8.43. The van der Waals surface area contributed by atoms with Gasteiger partial charge in [-0.1, -0.05) is 58.0 Å². The lowest BCUT2D eigenvalue weighted by atomic mass is 9.91. The summed E-state index contributed by atoms with van der Waals surface area (Å²) in [5.41, 5.74) is 2.66. The number of aromatic amines is 1. The van der Waals surface area contributed by atoms with Crippen LogP contribution in [0.3, 0.4) is 0 Å². The fourth-order valence-electron chi connectivity index (χ4n) is 3.26. The van der Waals surface area contributed by atoms with Gasteiger partial charge in [0, 0.05) is 0 Å². The Morgan fingerprint density at radius 1 is 1.09 bits per heavy atom. The molecule has 1 aromatic carbocycles. The van der Waals surface area contributed by atoms with E-state index in [1.54, 1.807) is 0 Å². The van der Waals surface area contributed by atoms with Gasteiger partial charge in [0.2, 0.25) is 12.6 Å². The van der Waals surface area contributed by atoms with Gasteiger partial charge in [0.05, 0.1) is 12.2 Å². The normalized spacial score (nSPS) is 12.5. The Balaban J connectivity index is 2.26. The van der Waals surface area contributed by atoms with Crippen LogP contribution in [0.2, 0.25) is 0 Å². The van der Waals surface area contributed by atoms with Crippen molar-refractivity contribution >= 4 is 0 Å². The highest BCUT2D eigenvalue weighted by atomic mass is 16.5. The monoisotopic (exact) mass is 313 g/mol. The molecule has 0 radical (unpaired) electrons. The van der Waals surface area contributed by atoms with Crippen LogP contribution >= 0.6 is 0 Å². The molecule has 0 spiro atoms. The van der Waals surface area contributed by atoms with Gasteiger partial charge in [-0.25, -0.2) is 0 Å². The zero-order chi connectivity index (χ0) is 16.8. The molecule has 2 aromatic rings. The van der Waals surface area contributed by atoms with Crippen LogP contribution in [-0.2, 0) is 11.2 Å². The zero-order valence-electron chi connectivity index (χ0n) is 14.9. The van der Waals surface area contributed by atoms with Gasteiger partial charge >= 0.3 is 0 Å². The number of rotatable bonds is 7. The molecule has 0 aliphatic carbocycles. The summed E-state index contributed by atoms with van der Waals surface area (Å²) in [4.78, 5) is 3.11. The topological polar surface area (TPSA) is 28.9 Å². The maximum atomic E-state index is 6.41. The summed E-state index contributed by atoms with van der Waals surface area (Å²) >= 11 is 0. The maximum absolute atomic E-state index is 6.41. The number of ether oxygens (including phenoxy) is 1. The van der Waals surface area contributed by atoms with Gasteiger partial charge in [-0.2, -0.15) is 4.57 Å². The fraction of sp³-hybridized carbons (Fsp3) is 0.450. The molecule has 1 atom stereocenters. The van der Waals surface area contributed by atoms with E-state index in [2.05, 4.69) is 68.4 Å². The van der Waals surface area contributed by atoms with Crippen LogP contribution in [0.25, 0.3) is 0 Å². The van der Waals surface area contributed by atoms with E-state index in [1.165, 1.54) is 11.1 Å². The Morgan fingerprint density at radius 3 is 2.26 bits per heavy atom. The highest BCUT2D eigenvalue weighted by molar-refractivity contribution is 5.15. The molecule has 0 saturated carbocycles. The minimum absolute atomic E-state index is 0.0452. The first-order chi connectivity index (χ1) is 11.0. The Morgan fingerprint density at radius 2 is 1.74 bits per heavy atom. The first-order valence-electron chi connectivity index (χ1n) is 8.43. The molecule has 3 heteroatoms. The largest absolute Gasteiger partial charge is 0.456 e. The summed E-state index contributed by atoms with van der Waals surface area (Å²) in [7, 11) is 0. The van der Waals surface area contributed by atoms with Gasteiger partial charge in [-0.05, 0) is 29.9 Å². The van der Waals surface area contributed by atoms with Crippen LogP contribution in [0.4, 0.5) is 0 Å². The lowest BCUT2D eigenvalue weighted by molar-refractivity contribution is -0.758. The molecule has 23 heavy (non-hydrogen) atoms. The minimum atomic E-state index is -0.0452. The van der Waals surface area contributed by atoms with E-state index in [-0.39, 0.29) is 6.23 Å². The maximum Gasteiger partial charge on any atom is 0.245 e. The molecule has 1 heterocycles. The van der Waals surface area contributed by atoms with E-state index in [1.807, 2.05) is 24.8 Å². The lowest BCUT2D eigenvalue weighted by Gasteiger charge is -2.23. The predicted molar refractivity (Wildman–Crippen MR) is 93.6 cm³/mol. The quantitative estimate of drug-likeness (QED) is 0.585. The summed E-state index contributed by atoms with van der Waals surface area (Å²) in [6, 6.07) is 10.5. The second-order valence-electron chi connectivity index (χ2n) is 6.64. The van der Waals surface area contributed by atoms with Crippen LogP contribution in [0.5, 0.6) is 0 Å². The van der Waals surface area contributed by atoms with Crippen LogP contribution < -0.4 is 4.57 Å². The molecule has 0 aliphatic rings. The van der Waals surface area contributed by atoms with Gasteiger partial charge < -0.3 is 4.74 Å². The number of aromatic nitrogens is 2. The summed E-state index contributed by atoms with van der Waals surface area (Å²) < 4.78 is 8.50. The number of hydrogen-bond donors (Lipinski definition) is 1. The second-order valence-corrected chi connectivity index (χ2v) is 6.64. The van der Waals surface area contributed by atoms with Crippen molar-refractivity contribution in [2.45, 2.75) is 47.3 Å². The average molecular weight is 313 g/mol. The van der Waals surface area contributed by atoms with E-state index in [9.17, 15) is 0 Å². The van der Waals surface area contributed by atoms with Gasteiger partial charge in [0.1, 0.15) is 12.4 Å². The van der Waals surface area contributed by atoms with Crippen LogP contribution in [0, 0.1) is 11.8 Å². The summed E-state index contributed by atoms with van der Waals surface area (Å²) in [5.74, 6) is 2.02. The molecule has 0 fully saturated rings. The molecule has 0 bridgehead atoms. The van der Waals surface area contributed by atoms with Crippen molar-refractivity contribution < 1.29 is 9.30 Å². The van der Waals surface area contributed by atoms with E-state index < -0.39 is 0 Å². The number of hydrogen-bond acceptors (Lipinski definition) is 1. The Labute approximate surface area is 140 Å². The molecular formula is C20H29N2O+. The number of nitrogens with zero attached hydrogens (tertiary/aromatic N) is 1. The van der Waals surface area contributed by atoms with Crippen LogP contribution in [0.1, 0.15) is 46.4 Å². The van der Waals surface area contributed by atoms with Crippen molar-refractivity contribution in [3.8, 4) is 0 Å². The van der Waals surface area contributed by atoms with Gasteiger partial charge in [-0.3, -0.25) is 4.98 Å². The molecule has 0 amide bonds. The first kappa shape index (κ1) is 17.3. The molecule has 124 valence electrons. The van der Waals surface area contributed by atoms with Crippen molar-refractivity contribution in [1.29, 1.82) is 0 Å². The third kappa shape index (κ3) is 4.72. The number of allylic oxidation sites excluding steroid dienone is 2. The number of benzene rings is 1. The number of nitrogens with one attached hydrogen (secondary N) is 1. The number of H-pyrrole nitrogens is 1. The summed E-state index contributed by atoms with van der Waals surface area (Å²) in [5, 5.41) is 0. The van der Waals surface area contributed by atoms with Crippen molar-refractivity contribution in [1.82, 2.24) is 4.98 Å². The zero-order valence-corrected chi connectivity index (χ0v) is 14.9. The van der Waals surface area contributed by atoms with Crippen molar-refractivity contribution in [3.63, 3.8) is 0 Å². The third-order valence-electron chi connectivity index (χ3n) is 4.12. The van der Waals surface area contributed by atoms with Gasteiger partial charge in [0.25, 0.3) is 0 Å². The van der Waals surface area contributed by atoms with E-state index >= 15 is 0 Å². The van der Waals surface area contributed by atoms with Crippen molar-refractivity contribution in [2.75, 3.05) is 0 Å². The third-order valence-corrected chi connectivity index (χ3v) is 4.12. The standard InChI is InChI=1S/C20H28N2O/c1-15(2)20(16(3)4)17(5)23-19(22-12-11-21-14-22)13-18-9-7-6-8-10-18/h6-12,14-16,19H,13H2,1-5H3/p+1. The SMILES string of the molecule is CC(OC(Cc1ccccc1)[n+]1cc[nH]c1)=C(C(C)C)C(C)C. The molecule has 0 saturated heterocycles. The Bertz CT molecular complexity index is 602.